The fourth-order valence-corrected chi connectivity index (χ4v) is 12.5. The molecule has 0 atom stereocenters. The van der Waals surface area contributed by atoms with E-state index in [1.165, 1.54) is 0 Å². The zero-order chi connectivity index (χ0) is 20.4. The van der Waals surface area contributed by atoms with E-state index in [-0.39, 0.29) is 0 Å². The van der Waals surface area contributed by atoms with E-state index >= 15 is 0 Å². The Bertz CT molecular complexity index is 987. The molecule has 2 aromatic carbocycles. The average molecular weight is 545 g/mol. The van der Waals surface area contributed by atoms with Gasteiger partial charge in [-0.2, -0.15) is 0 Å². The first-order valence-corrected chi connectivity index (χ1v) is 15.0. The van der Waals surface area contributed by atoms with Crippen LogP contribution in [0.4, 0.5) is 0 Å². The maximum absolute atomic E-state index is 6.73. The van der Waals surface area contributed by atoms with Gasteiger partial charge in [-0.05, 0) is 0 Å². The van der Waals surface area contributed by atoms with Gasteiger partial charge in [-0.25, -0.2) is 0 Å². The molecule has 0 aromatic heterocycles. The molecule has 29 heavy (non-hydrogen) atoms. The fraction of sp³-hybridized carbons (Fsp3) is 0.0909. The molecule has 0 unspecified atom stereocenters. The van der Waals surface area contributed by atoms with Gasteiger partial charge in [0.15, 0.2) is 0 Å². The van der Waals surface area contributed by atoms with Crippen molar-refractivity contribution >= 4 is 46.4 Å². The van der Waals surface area contributed by atoms with Crippen LogP contribution in [0.2, 0.25) is 20.1 Å². The molecule has 2 aliphatic rings. The van der Waals surface area contributed by atoms with Crippen LogP contribution in [0.3, 0.4) is 0 Å². The van der Waals surface area contributed by atoms with Crippen LogP contribution in [-0.4, -0.2) is 0 Å². The average Bonchev–Trinajstić information content (AvgIpc) is 3.43. The van der Waals surface area contributed by atoms with Gasteiger partial charge in [-0.1, -0.05) is 0 Å². The molecule has 148 valence electrons. The third-order valence-electron chi connectivity index (χ3n) is 4.73. The second-order valence-corrected chi connectivity index (χ2v) is 15.3. The molecule has 0 N–H and O–H groups in total. The van der Waals surface area contributed by atoms with Crippen molar-refractivity contribution in [2.45, 2.75) is 12.8 Å². The monoisotopic (exact) mass is 542 g/mol. The van der Waals surface area contributed by atoms with Gasteiger partial charge >= 0.3 is 197 Å². The van der Waals surface area contributed by atoms with E-state index in [9.17, 15) is 0 Å². The van der Waals surface area contributed by atoms with E-state index in [1.54, 1.807) is 12.1 Å². The van der Waals surface area contributed by atoms with Crippen molar-refractivity contribution in [2.24, 2.45) is 0 Å². The van der Waals surface area contributed by atoms with Crippen LogP contribution in [0.1, 0.15) is 12.8 Å². The number of hydrogen-bond donors (Lipinski definition) is 0. The molecule has 0 radical (unpaired) electrons. The Kier molecular flexibility index (Phi) is 6.63. The summed E-state index contributed by atoms with van der Waals surface area (Å²) in [6, 6.07) is 10.7. The summed E-state index contributed by atoms with van der Waals surface area (Å²) in [5, 5.41) is 1.60. The van der Waals surface area contributed by atoms with Gasteiger partial charge < -0.3 is 0 Å². The van der Waals surface area contributed by atoms with Gasteiger partial charge in [0.2, 0.25) is 0 Å². The summed E-state index contributed by atoms with van der Waals surface area (Å²) in [5.41, 5.74) is 0. The summed E-state index contributed by atoms with van der Waals surface area (Å²) < 4.78 is 15.7. The Morgan fingerprint density at radius 3 is 1.48 bits per heavy atom. The summed E-state index contributed by atoms with van der Waals surface area (Å²) in [6.45, 7) is 0. The number of benzene rings is 2. The first kappa shape index (κ1) is 21.3. The summed E-state index contributed by atoms with van der Waals surface area (Å²) in [7, 11) is 0. The third kappa shape index (κ3) is 4.27. The quantitative estimate of drug-likeness (QED) is 0.363. The van der Waals surface area contributed by atoms with Crippen molar-refractivity contribution in [1.29, 1.82) is 0 Å². The van der Waals surface area contributed by atoms with Crippen LogP contribution in [0.25, 0.3) is 0 Å². The maximum atomic E-state index is 6.73. The zero-order valence-corrected chi connectivity index (χ0v) is 20.7. The molecule has 4 rings (SSSR count). The molecule has 2 aliphatic carbocycles. The molecule has 0 saturated carbocycles. The molecular weight excluding hydrogens is 529 g/mol. The van der Waals surface area contributed by atoms with Crippen molar-refractivity contribution in [3.63, 3.8) is 0 Å². The van der Waals surface area contributed by atoms with Gasteiger partial charge in [0.25, 0.3) is 0 Å². The molecular formula is C22H16Cl4O2Zr. The molecule has 0 amide bonds. The van der Waals surface area contributed by atoms with Crippen molar-refractivity contribution in [1.82, 2.24) is 0 Å². The Morgan fingerprint density at radius 1 is 0.655 bits per heavy atom. The van der Waals surface area contributed by atoms with Crippen LogP contribution in [0, 0.1) is 0 Å². The van der Waals surface area contributed by atoms with Gasteiger partial charge in [0, 0.05) is 0 Å². The van der Waals surface area contributed by atoms with E-state index in [0.29, 0.717) is 31.6 Å². The van der Waals surface area contributed by atoms with E-state index in [1.807, 2.05) is 36.4 Å². The van der Waals surface area contributed by atoms with Gasteiger partial charge in [-0.15, -0.1) is 0 Å². The topological polar surface area (TPSA) is 18.5 Å². The van der Waals surface area contributed by atoms with Crippen LogP contribution in [0.15, 0.2) is 79.4 Å². The number of halogens is 4. The first-order chi connectivity index (χ1) is 14.0. The molecule has 0 saturated heterocycles. The Labute approximate surface area is 195 Å². The standard InChI is InChI=1S/2C6H4Cl2O.2C5H5.Zr/c2*7-4-2-1-3-5(9)6(4)8;2*1-2-4-5-3-1;/h2*1-3,9H;2*1-3H,4H2;/q;;;;+2/p-2. The van der Waals surface area contributed by atoms with E-state index in [0.717, 1.165) is 19.4 Å². The van der Waals surface area contributed by atoms with Gasteiger partial charge in [-0.3, -0.25) is 0 Å². The predicted molar refractivity (Wildman–Crippen MR) is 118 cm³/mol. The van der Waals surface area contributed by atoms with Gasteiger partial charge in [0.05, 0.1) is 0 Å². The van der Waals surface area contributed by atoms with Crippen molar-refractivity contribution < 1.29 is 26.8 Å². The van der Waals surface area contributed by atoms with Crippen LogP contribution >= 0.6 is 46.4 Å². The normalized spacial score (nSPS) is 15.4. The summed E-state index contributed by atoms with van der Waals surface area (Å²) in [6.07, 6.45) is 13.9. The molecule has 0 fully saturated rings. The Hall–Kier alpha value is -0.957. The van der Waals surface area contributed by atoms with Crippen molar-refractivity contribution in [3.05, 3.63) is 99.5 Å². The molecule has 7 heteroatoms. The van der Waals surface area contributed by atoms with Crippen molar-refractivity contribution in [3.8, 4) is 11.5 Å². The second-order valence-electron chi connectivity index (χ2n) is 6.57. The zero-order valence-electron chi connectivity index (χ0n) is 15.2. The van der Waals surface area contributed by atoms with Gasteiger partial charge in [0.1, 0.15) is 0 Å². The van der Waals surface area contributed by atoms with E-state index in [4.69, 9.17) is 52.0 Å². The summed E-state index contributed by atoms with van der Waals surface area (Å²) >= 11 is 21.2. The fourth-order valence-electron chi connectivity index (χ4n) is 3.31. The number of rotatable bonds is 6. The van der Waals surface area contributed by atoms with Crippen molar-refractivity contribution in [2.75, 3.05) is 0 Å². The second kappa shape index (κ2) is 9.04. The molecule has 2 aromatic rings. The molecule has 0 bridgehead atoms. The molecule has 0 heterocycles. The predicted octanol–water partition coefficient (Wildman–Crippen LogP) is 8.43. The minimum absolute atomic E-state index is 0.370. The SMILES string of the molecule is Clc1cccc([O][Zr]([O]c2cccc(Cl)c2Cl)([C]2=CC=CC2)[C]2=CC=CC2)c1Cl. The van der Waals surface area contributed by atoms with Crippen LogP contribution < -0.4 is 5.63 Å². The summed E-state index contributed by atoms with van der Waals surface area (Å²) in [5.74, 6) is 1.02. The number of hydrogen-bond acceptors (Lipinski definition) is 2. The molecule has 0 aliphatic heterocycles. The van der Waals surface area contributed by atoms with E-state index in [2.05, 4.69) is 24.3 Å². The van der Waals surface area contributed by atoms with Crippen LogP contribution in [-0.2, 0) is 21.1 Å². The molecule has 0 spiro atoms. The van der Waals surface area contributed by atoms with E-state index < -0.39 is 21.1 Å². The third-order valence-corrected chi connectivity index (χ3v) is 14.8. The Balaban J connectivity index is 1.86. The Morgan fingerprint density at radius 2 is 1.10 bits per heavy atom. The molecule has 2 nitrogen and oxygen atoms in total. The summed E-state index contributed by atoms with van der Waals surface area (Å²) in [4.78, 5) is 0. The van der Waals surface area contributed by atoms with Crippen LogP contribution in [0.5, 0.6) is 11.5 Å². The number of allylic oxidation sites excluding steroid dienone is 8. The first-order valence-electron chi connectivity index (χ1n) is 8.99. The minimum atomic E-state index is -4.21.